The fraction of sp³-hybridized carbons (Fsp3) is 0.588. The molecule has 1 heterocycles. The van der Waals surface area contributed by atoms with Crippen molar-refractivity contribution >= 4 is 11.6 Å². The SMILES string of the molecule is CCNC(=NCC1CC1)N1CCN(c2ccc(F)cc2)CC1. The molecule has 0 radical (unpaired) electrons. The van der Waals surface area contributed by atoms with Gasteiger partial charge in [-0.1, -0.05) is 0 Å². The van der Waals surface area contributed by atoms with Gasteiger partial charge in [0.05, 0.1) is 0 Å². The molecule has 2 aliphatic rings. The van der Waals surface area contributed by atoms with Crippen molar-refractivity contribution < 1.29 is 4.39 Å². The molecule has 22 heavy (non-hydrogen) atoms. The molecule has 4 nitrogen and oxygen atoms in total. The Morgan fingerprint density at radius 3 is 2.45 bits per heavy atom. The topological polar surface area (TPSA) is 30.9 Å². The quantitative estimate of drug-likeness (QED) is 0.684. The van der Waals surface area contributed by atoms with Gasteiger partial charge in [0.15, 0.2) is 5.96 Å². The van der Waals surface area contributed by atoms with E-state index >= 15 is 0 Å². The summed E-state index contributed by atoms with van der Waals surface area (Å²) in [5, 5.41) is 3.41. The summed E-state index contributed by atoms with van der Waals surface area (Å²) in [6.07, 6.45) is 2.67. The van der Waals surface area contributed by atoms with E-state index in [0.717, 1.165) is 56.8 Å². The highest BCUT2D eigenvalue weighted by molar-refractivity contribution is 5.80. The monoisotopic (exact) mass is 304 g/mol. The molecule has 2 fully saturated rings. The molecule has 0 atom stereocenters. The Kier molecular flexibility index (Phi) is 4.80. The van der Waals surface area contributed by atoms with Gasteiger partial charge in [-0.3, -0.25) is 4.99 Å². The fourth-order valence-corrected chi connectivity index (χ4v) is 2.77. The number of aliphatic imine (C=N–C) groups is 1. The number of hydrogen-bond acceptors (Lipinski definition) is 2. The van der Waals surface area contributed by atoms with Crippen molar-refractivity contribution in [3.05, 3.63) is 30.1 Å². The molecule has 1 saturated heterocycles. The lowest BCUT2D eigenvalue weighted by molar-refractivity contribution is 0.372. The van der Waals surface area contributed by atoms with E-state index in [4.69, 9.17) is 4.99 Å². The maximum atomic E-state index is 13.0. The number of hydrogen-bond donors (Lipinski definition) is 1. The van der Waals surface area contributed by atoms with Crippen LogP contribution >= 0.6 is 0 Å². The highest BCUT2D eigenvalue weighted by Crippen LogP contribution is 2.28. The molecule has 3 rings (SSSR count). The molecular weight excluding hydrogens is 279 g/mol. The molecular formula is C17H25FN4. The Morgan fingerprint density at radius 1 is 1.18 bits per heavy atom. The minimum absolute atomic E-state index is 0.177. The third-order valence-electron chi connectivity index (χ3n) is 4.30. The van der Waals surface area contributed by atoms with Gasteiger partial charge in [-0.25, -0.2) is 4.39 Å². The number of halogens is 1. The zero-order valence-corrected chi connectivity index (χ0v) is 13.3. The normalized spacial score (nSPS) is 19.5. The Hall–Kier alpha value is -1.78. The minimum Gasteiger partial charge on any atom is -0.368 e. The van der Waals surface area contributed by atoms with Crippen LogP contribution in [-0.4, -0.2) is 50.1 Å². The van der Waals surface area contributed by atoms with Gasteiger partial charge in [-0.2, -0.15) is 0 Å². The highest BCUT2D eigenvalue weighted by atomic mass is 19.1. The summed E-state index contributed by atoms with van der Waals surface area (Å²) in [5.41, 5.74) is 1.10. The standard InChI is InChI=1S/C17H25FN4/c1-2-19-17(20-13-14-3-4-14)22-11-9-21(10-12-22)16-7-5-15(18)6-8-16/h5-8,14H,2-4,9-13H2,1H3,(H,19,20). The molecule has 1 aromatic rings. The lowest BCUT2D eigenvalue weighted by atomic mass is 10.2. The molecule has 1 aliphatic heterocycles. The van der Waals surface area contributed by atoms with Crippen LogP contribution in [0.15, 0.2) is 29.3 Å². The van der Waals surface area contributed by atoms with Gasteiger partial charge in [0, 0.05) is 45.0 Å². The first kappa shape index (κ1) is 15.1. The Labute approximate surface area is 132 Å². The summed E-state index contributed by atoms with van der Waals surface area (Å²) in [4.78, 5) is 9.42. The number of nitrogens with one attached hydrogen (secondary N) is 1. The van der Waals surface area contributed by atoms with Crippen LogP contribution in [0.2, 0.25) is 0 Å². The van der Waals surface area contributed by atoms with E-state index in [9.17, 15) is 4.39 Å². The van der Waals surface area contributed by atoms with Gasteiger partial charge in [0.2, 0.25) is 0 Å². The van der Waals surface area contributed by atoms with Crippen LogP contribution in [-0.2, 0) is 0 Å². The fourth-order valence-electron chi connectivity index (χ4n) is 2.77. The highest BCUT2D eigenvalue weighted by Gasteiger charge is 2.23. The maximum absolute atomic E-state index is 13.0. The van der Waals surface area contributed by atoms with Crippen LogP contribution < -0.4 is 10.2 Å². The lowest BCUT2D eigenvalue weighted by Gasteiger charge is -2.37. The average Bonchev–Trinajstić information content (AvgIpc) is 3.37. The molecule has 120 valence electrons. The maximum Gasteiger partial charge on any atom is 0.194 e. The number of piperazine rings is 1. The molecule has 0 spiro atoms. The summed E-state index contributed by atoms with van der Waals surface area (Å²) in [5.74, 6) is 1.69. The molecule has 1 N–H and O–H groups in total. The number of nitrogens with zero attached hydrogens (tertiary/aromatic N) is 3. The zero-order valence-electron chi connectivity index (χ0n) is 13.3. The van der Waals surface area contributed by atoms with Gasteiger partial charge in [-0.05, 0) is 49.9 Å². The number of guanidine groups is 1. The molecule has 1 saturated carbocycles. The first-order valence-corrected chi connectivity index (χ1v) is 8.30. The van der Waals surface area contributed by atoms with Gasteiger partial charge in [0.1, 0.15) is 5.82 Å². The van der Waals surface area contributed by atoms with Crippen molar-refractivity contribution in [1.82, 2.24) is 10.2 Å². The van der Waals surface area contributed by atoms with E-state index < -0.39 is 0 Å². The largest absolute Gasteiger partial charge is 0.368 e. The van der Waals surface area contributed by atoms with Crippen molar-refractivity contribution in [1.29, 1.82) is 0 Å². The average molecular weight is 304 g/mol. The molecule has 0 aromatic heterocycles. The molecule has 5 heteroatoms. The van der Waals surface area contributed by atoms with E-state index in [-0.39, 0.29) is 5.82 Å². The van der Waals surface area contributed by atoms with E-state index in [1.54, 1.807) is 0 Å². The smallest absolute Gasteiger partial charge is 0.194 e. The van der Waals surface area contributed by atoms with Crippen LogP contribution in [0.5, 0.6) is 0 Å². The number of rotatable bonds is 4. The molecule has 0 bridgehead atoms. The van der Waals surface area contributed by atoms with E-state index in [0.29, 0.717) is 0 Å². The van der Waals surface area contributed by atoms with Crippen LogP contribution in [0.3, 0.4) is 0 Å². The predicted octanol–water partition coefficient (Wildman–Crippen LogP) is 2.32. The first-order valence-electron chi connectivity index (χ1n) is 8.30. The summed E-state index contributed by atoms with van der Waals surface area (Å²) in [6, 6.07) is 6.78. The van der Waals surface area contributed by atoms with Crippen molar-refractivity contribution in [3.8, 4) is 0 Å². The van der Waals surface area contributed by atoms with Crippen LogP contribution in [0.1, 0.15) is 19.8 Å². The second-order valence-electron chi connectivity index (χ2n) is 6.09. The second-order valence-corrected chi connectivity index (χ2v) is 6.09. The van der Waals surface area contributed by atoms with Crippen molar-refractivity contribution in [2.75, 3.05) is 44.2 Å². The summed E-state index contributed by atoms with van der Waals surface area (Å²) >= 11 is 0. The van der Waals surface area contributed by atoms with Crippen molar-refractivity contribution in [2.24, 2.45) is 10.9 Å². The van der Waals surface area contributed by atoms with Gasteiger partial charge < -0.3 is 15.1 Å². The van der Waals surface area contributed by atoms with E-state index in [2.05, 4.69) is 22.0 Å². The lowest BCUT2D eigenvalue weighted by Crippen LogP contribution is -2.52. The minimum atomic E-state index is -0.177. The molecule has 0 amide bonds. The first-order chi connectivity index (χ1) is 10.8. The Morgan fingerprint density at radius 2 is 1.86 bits per heavy atom. The number of anilines is 1. The summed E-state index contributed by atoms with van der Waals surface area (Å²) in [6.45, 7) is 7.77. The third-order valence-corrected chi connectivity index (χ3v) is 4.30. The molecule has 1 aliphatic carbocycles. The van der Waals surface area contributed by atoms with Crippen LogP contribution in [0.25, 0.3) is 0 Å². The van der Waals surface area contributed by atoms with Crippen LogP contribution in [0, 0.1) is 11.7 Å². The van der Waals surface area contributed by atoms with Gasteiger partial charge >= 0.3 is 0 Å². The second kappa shape index (κ2) is 6.99. The predicted molar refractivity (Wildman–Crippen MR) is 88.9 cm³/mol. The van der Waals surface area contributed by atoms with Crippen molar-refractivity contribution in [3.63, 3.8) is 0 Å². The molecule has 1 aromatic carbocycles. The van der Waals surface area contributed by atoms with Gasteiger partial charge in [-0.15, -0.1) is 0 Å². The van der Waals surface area contributed by atoms with E-state index in [1.165, 1.54) is 25.0 Å². The van der Waals surface area contributed by atoms with Gasteiger partial charge in [0.25, 0.3) is 0 Å². The molecule has 0 unspecified atom stereocenters. The summed E-state index contributed by atoms with van der Waals surface area (Å²) < 4.78 is 13.0. The number of benzene rings is 1. The van der Waals surface area contributed by atoms with Crippen LogP contribution in [0.4, 0.5) is 10.1 Å². The zero-order chi connectivity index (χ0) is 15.4. The summed E-state index contributed by atoms with van der Waals surface area (Å²) in [7, 11) is 0. The Bertz CT molecular complexity index is 502. The Balaban J connectivity index is 1.56. The van der Waals surface area contributed by atoms with E-state index in [1.807, 2.05) is 12.1 Å². The van der Waals surface area contributed by atoms with Crippen molar-refractivity contribution in [2.45, 2.75) is 19.8 Å². The third kappa shape index (κ3) is 3.90.